The van der Waals surface area contributed by atoms with Crippen molar-refractivity contribution >= 4 is 11.6 Å². The van der Waals surface area contributed by atoms with Crippen molar-refractivity contribution in [2.75, 3.05) is 7.11 Å². The van der Waals surface area contributed by atoms with Gasteiger partial charge in [0, 0.05) is 12.0 Å². The van der Waals surface area contributed by atoms with Gasteiger partial charge in [0.1, 0.15) is 11.6 Å². The van der Waals surface area contributed by atoms with Crippen LogP contribution in [0.1, 0.15) is 23.8 Å². The van der Waals surface area contributed by atoms with Crippen LogP contribution in [0.3, 0.4) is 0 Å². The van der Waals surface area contributed by atoms with Crippen LogP contribution in [-0.4, -0.2) is 13.3 Å². The molecule has 1 aromatic carbocycles. The molecule has 0 saturated heterocycles. The topological polar surface area (TPSA) is 9.23 Å². The number of methoxy groups -OCH3 is 1. The first-order valence-electron chi connectivity index (χ1n) is 4.88. The normalized spacial score (nSPS) is 13.5. The fourth-order valence-electron chi connectivity index (χ4n) is 1.40. The molecule has 0 amide bonds. The summed E-state index contributed by atoms with van der Waals surface area (Å²) in [6, 6.07) is 3.59. The van der Waals surface area contributed by atoms with E-state index in [0.717, 1.165) is 12.1 Å². The first-order valence-corrected chi connectivity index (χ1v) is 5.31. The molecule has 0 fully saturated rings. The van der Waals surface area contributed by atoms with Crippen molar-refractivity contribution < 1.29 is 22.3 Å². The maximum absolute atomic E-state index is 13.0. The summed E-state index contributed by atoms with van der Waals surface area (Å²) in [5, 5.41) is -0.928. The summed E-state index contributed by atoms with van der Waals surface area (Å²) in [6.07, 6.45) is -5.60. The molecule has 1 atom stereocenters. The minimum atomic E-state index is -4.27. The molecule has 1 aromatic rings. The first kappa shape index (κ1) is 14.1. The van der Waals surface area contributed by atoms with Crippen LogP contribution in [0.15, 0.2) is 18.2 Å². The number of ether oxygens (including phenoxy) is 1. The molecule has 0 spiro atoms. The summed E-state index contributed by atoms with van der Waals surface area (Å²) in [6.45, 7) is 0. The van der Waals surface area contributed by atoms with Gasteiger partial charge in [-0.2, -0.15) is 13.2 Å². The Morgan fingerprint density at radius 2 is 2.00 bits per heavy atom. The zero-order valence-corrected chi connectivity index (χ0v) is 9.78. The third-order valence-corrected chi connectivity index (χ3v) is 2.66. The van der Waals surface area contributed by atoms with Crippen LogP contribution < -0.4 is 4.74 Å². The second-order valence-corrected chi connectivity index (χ2v) is 4.03. The molecule has 1 unspecified atom stereocenters. The van der Waals surface area contributed by atoms with E-state index >= 15 is 0 Å². The summed E-state index contributed by atoms with van der Waals surface area (Å²) >= 11 is 5.82. The third kappa shape index (κ3) is 4.42. The van der Waals surface area contributed by atoms with Crippen molar-refractivity contribution in [3.63, 3.8) is 0 Å². The fraction of sp³-hybridized carbons (Fsp3) is 0.455. The highest BCUT2D eigenvalue weighted by Gasteiger charge is 2.29. The van der Waals surface area contributed by atoms with Gasteiger partial charge in [0.05, 0.1) is 12.5 Å². The van der Waals surface area contributed by atoms with Gasteiger partial charge < -0.3 is 4.74 Å². The van der Waals surface area contributed by atoms with Gasteiger partial charge in [0.15, 0.2) is 0 Å². The number of rotatable bonds is 4. The zero-order chi connectivity index (χ0) is 13.1. The summed E-state index contributed by atoms with van der Waals surface area (Å²) in [5.41, 5.74) is 0.235. The minimum absolute atomic E-state index is 0.235. The van der Waals surface area contributed by atoms with E-state index in [1.54, 1.807) is 0 Å². The van der Waals surface area contributed by atoms with Crippen molar-refractivity contribution in [1.82, 2.24) is 0 Å². The Kier molecular flexibility index (Phi) is 4.62. The zero-order valence-electron chi connectivity index (χ0n) is 9.02. The van der Waals surface area contributed by atoms with Crippen molar-refractivity contribution in [1.29, 1.82) is 0 Å². The van der Waals surface area contributed by atoms with Gasteiger partial charge in [-0.1, -0.05) is 0 Å². The van der Waals surface area contributed by atoms with Crippen molar-refractivity contribution in [3.8, 4) is 5.75 Å². The van der Waals surface area contributed by atoms with E-state index in [2.05, 4.69) is 0 Å². The Morgan fingerprint density at radius 3 is 2.53 bits per heavy atom. The molecular formula is C11H11ClF4O. The Labute approximate surface area is 101 Å². The van der Waals surface area contributed by atoms with Gasteiger partial charge >= 0.3 is 6.18 Å². The molecule has 17 heavy (non-hydrogen) atoms. The van der Waals surface area contributed by atoms with Crippen LogP contribution in [0.25, 0.3) is 0 Å². The van der Waals surface area contributed by atoms with Crippen LogP contribution in [0, 0.1) is 5.82 Å². The van der Waals surface area contributed by atoms with E-state index in [-0.39, 0.29) is 17.7 Å². The van der Waals surface area contributed by atoms with Gasteiger partial charge in [-0.3, -0.25) is 0 Å². The van der Waals surface area contributed by atoms with E-state index in [1.165, 1.54) is 13.2 Å². The monoisotopic (exact) mass is 270 g/mol. The summed E-state index contributed by atoms with van der Waals surface area (Å²) < 4.78 is 54.0. The van der Waals surface area contributed by atoms with Gasteiger partial charge in [-0.25, -0.2) is 4.39 Å². The molecule has 0 N–H and O–H groups in total. The molecule has 0 aliphatic carbocycles. The summed E-state index contributed by atoms with van der Waals surface area (Å²) in [5.74, 6) is -0.271. The number of benzene rings is 1. The lowest BCUT2D eigenvalue weighted by atomic mass is 10.1. The van der Waals surface area contributed by atoms with Gasteiger partial charge in [0.2, 0.25) is 0 Å². The van der Waals surface area contributed by atoms with Crippen molar-refractivity contribution in [2.45, 2.75) is 24.4 Å². The second-order valence-electron chi connectivity index (χ2n) is 3.51. The molecule has 0 radical (unpaired) electrons. The Balaban J connectivity index is 2.80. The van der Waals surface area contributed by atoms with E-state index < -0.39 is 23.8 Å². The quantitative estimate of drug-likeness (QED) is 0.580. The lowest BCUT2D eigenvalue weighted by molar-refractivity contribution is -0.135. The minimum Gasteiger partial charge on any atom is -0.496 e. The van der Waals surface area contributed by atoms with Crippen LogP contribution in [0.4, 0.5) is 17.6 Å². The Hall–Kier alpha value is -0.970. The maximum atomic E-state index is 13.0. The van der Waals surface area contributed by atoms with Crippen LogP contribution >= 0.6 is 11.6 Å². The molecule has 0 bridgehead atoms. The Bertz CT molecular complexity index is 378. The number of hydrogen-bond donors (Lipinski definition) is 0. The van der Waals surface area contributed by atoms with E-state index in [1.807, 2.05) is 0 Å². The molecule has 1 nitrogen and oxygen atoms in total. The molecule has 0 heterocycles. The van der Waals surface area contributed by atoms with Gasteiger partial charge in [-0.15, -0.1) is 11.6 Å². The second kappa shape index (κ2) is 5.58. The largest absolute Gasteiger partial charge is 0.496 e. The molecular weight excluding hydrogens is 260 g/mol. The highest BCUT2D eigenvalue weighted by molar-refractivity contribution is 6.21. The predicted octanol–water partition coefficient (Wildman–Crippen LogP) is 4.46. The standard InChI is InChI=1S/C11H11ClF4O/c1-17-10-3-2-7(13)6-8(10)9(12)4-5-11(14,15)16/h2-3,6,9H,4-5H2,1H3. The number of alkyl halides is 4. The molecule has 96 valence electrons. The lowest BCUT2D eigenvalue weighted by Gasteiger charge is -2.15. The number of halogens is 5. The SMILES string of the molecule is COc1ccc(F)cc1C(Cl)CCC(F)(F)F. The van der Waals surface area contributed by atoms with E-state index in [4.69, 9.17) is 16.3 Å². The van der Waals surface area contributed by atoms with Gasteiger partial charge in [0.25, 0.3) is 0 Å². The average Bonchev–Trinajstić information content (AvgIpc) is 2.25. The molecule has 0 aromatic heterocycles. The van der Waals surface area contributed by atoms with Crippen molar-refractivity contribution in [2.24, 2.45) is 0 Å². The van der Waals surface area contributed by atoms with Crippen LogP contribution in [-0.2, 0) is 0 Å². The molecule has 1 rings (SSSR count). The first-order chi connectivity index (χ1) is 7.83. The molecule has 6 heteroatoms. The van der Waals surface area contributed by atoms with E-state index in [0.29, 0.717) is 0 Å². The van der Waals surface area contributed by atoms with Crippen molar-refractivity contribution in [3.05, 3.63) is 29.6 Å². The van der Waals surface area contributed by atoms with Gasteiger partial charge in [-0.05, 0) is 24.6 Å². The van der Waals surface area contributed by atoms with Crippen LogP contribution in [0.2, 0.25) is 0 Å². The fourth-order valence-corrected chi connectivity index (χ4v) is 1.68. The highest BCUT2D eigenvalue weighted by atomic mass is 35.5. The van der Waals surface area contributed by atoms with E-state index in [9.17, 15) is 17.6 Å². The Morgan fingerprint density at radius 1 is 1.35 bits per heavy atom. The molecule has 0 aliphatic heterocycles. The van der Waals surface area contributed by atoms with Crippen LogP contribution in [0.5, 0.6) is 5.75 Å². The lowest BCUT2D eigenvalue weighted by Crippen LogP contribution is -2.08. The summed E-state index contributed by atoms with van der Waals surface area (Å²) in [7, 11) is 1.35. The predicted molar refractivity (Wildman–Crippen MR) is 56.8 cm³/mol. The number of hydrogen-bond acceptors (Lipinski definition) is 1. The maximum Gasteiger partial charge on any atom is 0.389 e. The highest BCUT2D eigenvalue weighted by Crippen LogP contribution is 2.36. The molecule has 0 aliphatic rings. The third-order valence-electron chi connectivity index (χ3n) is 2.21. The smallest absolute Gasteiger partial charge is 0.389 e. The average molecular weight is 271 g/mol. The summed E-state index contributed by atoms with van der Waals surface area (Å²) in [4.78, 5) is 0. The molecule has 0 saturated carbocycles.